The van der Waals surface area contributed by atoms with Crippen LogP contribution in [0.25, 0.3) is 16.9 Å². The number of amides is 2. The molecular weight excluding hydrogens is 472 g/mol. The molecule has 10 heteroatoms. The van der Waals surface area contributed by atoms with Crippen molar-refractivity contribution in [2.24, 2.45) is 17.8 Å². The van der Waals surface area contributed by atoms with Crippen LogP contribution in [0.2, 0.25) is 0 Å². The maximum atomic E-state index is 12.0. The molecule has 3 fully saturated rings. The van der Waals surface area contributed by atoms with Crippen molar-refractivity contribution in [1.82, 2.24) is 24.4 Å². The second-order valence-electron chi connectivity index (χ2n) is 10.3. The third-order valence-corrected chi connectivity index (χ3v) is 6.87. The average Bonchev–Trinajstić information content (AvgIpc) is 3.77. The summed E-state index contributed by atoms with van der Waals surface area (Å²) in [5.41, 5.74) is 3.86. The maximum Gasteiger partial charge on any atom is 0.306 e. The van der Waals surface area contributed by atoms with Crippen LogP contribution in [0, 0.1) is 17.8 Å². The zero-order valence-corrected chi connectivity index (χ0v) is 21.1. The Balaban J connectivity index is 0.000000412. The van der Waals surface area contributed by atoms with Crippen molar-refractivity contribution in [3.8, 4) is 11.3 Å². The minimum absolute atomic E-state index is 0.00215. The summed E-state index contributed by atoms with van der Waals surface area (Å²) < 4.78 is 1.77. The molecule has 2 N–H and O–H groups in total. The first-order valence-corrected chi connectivity index (χ1v) is 12.7. The van der Waals surface area contributed by atoms with Crippen molar-refractivity contribution in [1.29, 1.82) is 0 Å². The maximum absolute atomic E-state index is 12.0. The Morgan fingerprint density at radius 3 is 2.22 bits per heavy atom. The van der Waals surface area contributed by atoms with Crippen molar-refractivity contribution < 1.29 is 19.5 Å². The van der Waals surface area contributed by atoms with Crippen LogP contribution in [0.3, 0.4) is 0 Å². The normalized spacial score (nSPS) is 17.5. The van der Waals surface area contributed by atoms with Crippen molar-refractivity contribution in [2.75, 3.05) is 32.5 Å². The van der Waals surface area contributed by atoms with Crippen LogP contribution in [0.5, 0.6) is 0 Å². The highest BCUT2D eigenvalue weighted by molar-refractivity contribution is 5.92. The number of nitrogens with zero attached hydrogens (tertiary/aromatic N) is 5. The number of hydrogen-bond acceptors (Lipinski definition) is 6. The quantitative estimate of drug-likeness (QED) is 0.508. The molecule has 10 nitrogen and oxygen atoms in total. The van der Waals surface area contributed by atoms with Crippen LogP contribution in [-0.4, -0.2) is 74.5 Å². The van der Waals surface area contributed by atoms with Crippen LogP contribution in [-0.2, 0) is 20.9 Å². The molecule has 3 aromatic rings. The summed E-state index contributed by atoms with van der Waals surface area (Å²) in [7, 11) is 3.62. The van der Waals surface area contributed by atoms with E-state index in [2.05, 4.69) is 44.6 Å². The number of carbonyl (C=O) groups is 3. The molecule has 2 amide bonds. The highest BCUT2D eigenvalue weighted by atomic mass is 16.4. The molecule has 1 aliphatic heterocycles. The van der Waals surface area contributed by atoms with Gasteiger partial charge in [0.25, 0.3) is 0 Å². The summed E-state index contributed by atoms with van der Waals surface area (Å²) in [6.07, 6.45) is 3.69. The van der Waals surface area contributed by atoms with Gasteiger partial charge in [0.05, 0.1) is 17.5 Å². The number of benzene rings is 1. The third-order valence-electron chi connectivity index (χ3n) is 6.87. The number of hydrogen-bond donors (Lipinski definition) is 2. The number of aliphatic carboxylic acids is 1. The first kappa shape index (κ1) is 24.9. The number of carboxylic acids is 1. The smallest absolute Gasteiger partial charge is 0.306 e. The van der Waals surface area contributed by atoms with E-state index in [1.54, 1.807) is 9.42 Å². The lowest BCUT2D eigenvalue weighted by molar-refractivity contribution is -0.139. The van der Waals surface area contributed by atoms with E-state index < -0.39 is 5.97 Å². The van der Waals surface area contributed by atoms with Gasteiger partial charge >= 0.3 is 5.97 Å². The SMILES string of the molecule is CN(C)C(=O)C1CN(Cc2ccc(-c3cccc4nc(NC(=O)C5CC5)nn34)cc2)C1.O=C(O)C1CC1. The Morgan fingerprint density at radius 1 is 0.973 bits per heavy atom. The Bertz CT molecular complexity index is 1300. The standard InChI is InChI=1S/C23H26N6O2.C4H6O2/c1-27(2)22(31)18-13-28(14-18)12-15-6-8-16(9-7-15)19-4-3-5-20-24-23(26-29(19)20)25-21(30)17-10-11-17;5-4(6)3-1-2-3/h3-9,17-18H,10-14H2,1-2H3,(H,25,26,30);3H,1-2H2,(H,5,6). The molecule has 0 unspecified atom stereocenters. The molecular formula is C27H32N6O4. The summed E-state index contributed by atoms with van der Waals surface area (Å²) in [5.74, 6) is 0.179. The van der Waals surface area contributed by atoms with Crippen LogP contribution in [0.1, 0.15) is 31.2 Å². The number of pyridine rings is 1. The molecule has 2 aliphatic carbocycles. The zero-order chi connectivity index (χ0) is 26.1. The number of carboxylic acid groups (broad SMARTS) is 1. The summed E-state index contributed by atoms with van der Waals surface area (Å²) in [4.78, 5) is 42.2. The van der Waals surface area contributed by atoms with E-state index in [0.717, 1.165) is 56.6 Å². The summed E-state index contributed by atoms with van der Waals surface area (Å²) in [6, 6.07) is 14.2. The minimum Gasteiger partial charge on any atom is -0.481 e. The van der Waals surface area contributed by atoms with Crippen molar-refractivity contribution in [3.05, 3.63) is 48.0 Å². The second kappa shape index (κ2) is 10.3. The number of rotatable bonds is 7. The van der Waals surface area contributed by atoms with E-state index in [4.69, 9.17) is 5.11 Å². The summed E-state index contributed by atoms with van der Waals surface area (Å²) in [6.45, 7) is 2.46. The largest absolute Gasteiger partial charge is 0.481 e. The highest BCUT2D eigenvalue weighted by Gasteiger charge is 2.33. The van der Waals surface area contributed by atoms with Crippen LogP contribution in [0.15, 0.2) is 42.5 Å². The molecule has 0 bridgehead atoms. The van der Waals surface area contributed by atoms with E-state index in [1.807, 2.05) is 32.3 Å². The Labute approximate surface area is 215 Å². The second-order valence-corrected chi connectivity index (χ2v) is 10.3. The van der Waals surface area contributed by atoms with Crippen molar-refractivity contribution in [3.63, 3.8) is 0 Å². The van der Waals surface area contributed by atoms with Gasteiger partial charge in [0.15, 0.2) is 5.65 Å². The molecule has 0 radical (unpaired) electrons. The van der Waals surface area contributed by atoms with Gasteiger partial charge in [0.2, 0.25) is 17.8 Å². The van der Waals surface area contributed by atoms with Gasteiger partial charge in [0.1, 0.15) is 0 Å². The summed E-state index contributed by atoms with van der Waals surface area (Å²) in [5, 5.41) is 15.4. The van der Waals surface area contributed by atoms with Gasteiger partial charge in [-0.1, -0.05) is 30.3 Å². The van der Waals surface area contributed by atoms with Crippen LogP contribution in [0.4, 0.5) is 5.95 Å². The lowest BCUT2D eigenvalue weighted by atomic mass is 9.97. The van der Waals surface area contributed by atoms with Crippen LogP contribution < -0.4 is 5.32 Å². The van der Waals surface area contributed by atoms with E-state index in [9.17, 15) is 14.4 Å². The fourth-order valence-electron chi connectivity index (χ4n) is 4.32. The number of carbonyl (C=O) groups excluding carboxylic acids is 2. The molecule has 0 spiro atoms. The number of likely N-dealkylation sites (tertiary alicyclic amines) is 1. The van der Waals surface area contributed by atoms with Gasteiger partial charge in [-0.25, -0.2) is 4.52 Å². The molecule has 194 valence electrons. The molecule has 1 aromatic carbocycles. The molecule has 2 saturated carbocycles. The van der Waals surface area contributed by atoms with Gasteiger partial charge in [-0.2, -0.15) is 4.98 Å². The summed E-state index contributed by atoms with van der Waals surface area (Å²) >= 11 is 0. The van der Waals surface area contributed by atoms with Crippen molar-refractivity contribution in [2.45, 2.75) is 32.2 Å². The van der Waals surface area contributed by atoms with Gasteiger partial charge in [-0.15, -0.1) is 5.10 Å². The van der Waals surface area contributed by atoms with Gasteiger partial charge in [-0.05, 0) is 43.4 Å². The third kappa shape index (κ3) is 5.96. The number of nitrogens with one attached hydrogen (secondary N) is 1. The number of fused-ring (bicyclic) bond motifs is 1. The molecule has 3 aliphatic rings. The van der Waals surface area contributed by atoms with E-state index in [-0.39, 0.29) is 29.6 Å². The topological polar surface area (TPSA) is 120 Å². The minimum atomic E-state index is -0.630. The lowest BCUT2D eigenvalue weighted by Crippen LogP contribution is -2.52. The van der Waals surface area contributed by atoms with Crippen molar-refractivity contribution >= 4 is 29.4 Å². The first-order chi connectivity index (χ1) is 17.8. The number of aromatic nitrogens is 3. The molecule has 3 heterocycles. The van der Waals surface area contributed by atoms with Crippen LogP contribution >= 0.6 is 0 Å². The van der Waals surface area contributed by atoms with E-state index >= 15 is 0 Å². The van der Waals surface area contributed by atoms with E-state index in [1.165, 1.54) is 5.56 Å². The Hall–Kier alpha value is -3.79. The number of anilines is 1. The monoisotopic (exact) mass is 504 g/mol. The van der Waals surface area contributed by atoms with Gasteiger partial charge in [0, 0.05) is 45.2 Å². The average molecular weight is 505 g/mol. The lowest BCUT2D eigenvalue weighted by Gasteiger charge is -2.39. The molecule has 0 atom stereocenters. The molecule has 37 heavy (non-hydrogen) atoms. The van der Waals surface area contributed by atoms with E-state index in [0.29, 0.717) is 11.6 Å². The molecule has 2 aromatic heterocycles. The van der Waals surface area contributed by atoms with Gasteiger partial charge < -0.3 is 10.0 Å². The Morgan fingerprint density at radius 2 is 1.65 bits per heavy atom. The van der Waals surface area contributed by atoms with Gasteiger partial charge in [-0.3, -0.25) is 24.6 Å². The molecule has 1 saturated heterocycles. The zero-order valence-electron chi connectivity index (χ0n) is 21.1. The first-order valence-electron chi connectivity index (χ1n) is 12.7. The fraction of sp³-hybridized carbons (Fsp3) is 0.444. The Kier molecular flexibility index (Phi) is 6.92. The molecule has 6 rings (SSSR count). The predicted octanol–water partition coefficient (Wildman–Crippen LogP) is 2.75. The highest BCUT2D eigenvalue weighted by Crippen LogP contribution is 2.30. The predicted molar refractivity (Wildman–Crippen MR) is 138 cm³/mol. The fourth-order valence-corrected chi connectivity index (χ4v) is 4.32.